The van der Waals surface area contributed by atoms with Crippen molar-refractivity contribution < 1.29 is 0 Å². The molecule has 3 aromatic heterocycles. The van der Waals surface area contributed by atoms with Gasteiger partial charge in [0.25, 0.3) is 0 Å². The Morgan fingerprint density at radius 2 is 1.37 bits per heavy atom. The zero-order valence-electron chi connectivity index (χ0n) is 21.0. The van der Waals surface area contributed by atoms with Crippen molar-refractivity contribution in [2.75, 3.05) is 0 Å². The molecule has 0 aliphatic rings. The van der Waals surface area contributed by atoms with Gasteiger partial charge in [-0.1, -0.05) is 41.5 Å². The van der Waals surface area contributed by atoms with Gasteiger partial charge < -0.3 is 0 Å². The fourth-order valence-corrected chi connectivity index (χ4v) is 4.10. The number of hydrogen-bond acceptors (Lipinski definition) is 4. The third-order valence-electron chi connectivity index (χ3n) is 4.84. The van der Waals surface area contributed by atoms with Gasteiger partial charge in [0.15, 0.2) is 0 Å². The topological polar surface area (TPSA) is 48.5 Å². The van der Waals surface area contributed by atoms with E-state index in [0.29, 0.717) is 17.8 Å². The molecule has 0 amide bonds. The van der Waals surface area contributed by atoms with E-state index >= 15 is 0 Å². The van der Waals surface area contributed by atoms with Crippen LogP contribution in [-0.2, 0) is 14.1 Å². The molecule has 0 bridgehead atoms. The Morgan fingerprint density at radius 3 is 1.57 bits per heavy atom. The van der Waals surface area contributed by atoms with Crippen molar-refractivity contribution in [1.82, 2.24) is 24.5 Å². The lowest BCUT2D eigenvalue weighted by atomic mass is 10.1. The normalized spacial score (nSPS) is 10.9. The molecule has 3 heterocycles. The van der Waals surface area contributed by atoms with Crippen molar-refractivity contribution in [3.63, 3.8) is 0 Å². The lowest BCUT2D eigenvalue weighted by molar-refractivity contribution is 0.665. The first-order valence-electron chi connectivity index (χ1n) is 10.8. The van der Waals surface area contributed by atoms with Gasteiger partial charge in [-0.05, 0) is 57.6 Å². The van der Waals surface area contributed by atoms with Gasteiger partial charge in [0.05, 0.1) is 22.1 Å². The molecule has 0 aromatic carbocycles. The second-order valence-corrected chi connectivity index (χ2v) is 10.2. The van der Waals surface area contributed by atoms with Crippen LogP contribution in [0.4, 0.5) is 0 Å². The average molecular weight is 432 g/mol. The third kappa shape index (κ3) is 7.71. The maximum Gasteiger partial charge on any atom is 0.0900 e. The summed E-state index contributed by atoms with van der Waals surface area (Å²) in [4.78, 5) is 5.80. The summed E-state index contributed by atoms with van der Waals surface area (Å²) in [5, 5.41) is 9.76. The zero-order valence-corrected chi connectivity index (χ0v) is 21.8. The van der Waals surface area contributed by atoms with Crippen LogP contribution in [0.15, 0.2) is 12.1 Å². The number of hydrogen-bond donors (Lipinski definition) is 0. The molecule has 3 rings (SSSR count). The van der Waals surface area contributed by atoms with Crippen LogP contribution in [0.2, 0.25) is 0 Å². The minimum absolute atomic E-state index is 0.542. The van der Waals surface area contributed by atoms with E-state index in [0.717, 1.165) is 5.69 Å². The van der Waals surface area contributed by atoms with Crippen LogP contribution in [0.3, 0.4) is 0 Å². The molecule has 30 heavy (non-hydrogen) atoms. The fraction of sp³-hybridized carbons (Fsp3) is 0.625. The lowest BCUT2D eigenvalue weighted by Gasteiger charge is -2.02. The van der Waals surface area contributed by atoms with Crippen molar-refractivity contribution in [2.24, 2.45) is 14.1 Å². The van der Waals surface area contributed by atoms with Crippen molar-refractivity contribution in [2.45, 2.75) is 87.0 Å². The van der Waals surface area contributed by atoms with Gasteiger partial charge in [0, 0.05) is 30.4 Å². The van der Waals surface area contributed by atoms with Crippen molar-refractivity contribution in [3.8, 4) is 0 Å². The molecule has 3 aromatic rings. The molecule has 0 spiro atoms. The highest BCUT2D eigenvalue weighted by atomic mass is 32.1. The third-order valence-corrected chi connectivity index (χ3v) is 5.74. The Hall–Kier alpha value is -1.95. The van der Waals surface area contributed by atoms with Crippen LogP contribution in [-0.4, -0.2) is 24.5 Å². The standard InChI is InChI=1S/2C8H14N2.C8H13NS/c1-6(2)8-5-7(3)10(4)9-8;1-6(2)8-5-7(3)9-10(8)4;1-5(2)8-6(3)10-7(4)9-8/h2*5-6H,1-4H3;5H,1-4H3. The summed E-state index contributed by atoms with van der Waals surface area (Å²) in [5.41, 5.74) is 6.08. The van der Waals surface area contributed by atoms with Crippen LogP contribution in [0.25, 0.3) is 0 Å². The van der Waals surface area contributed by atoms with Crippen molar-refractivity contribution in [3.05, 3.63) is 50.5 Å². The van der Waals surface area contributed by atoms with E-state index < -0.39 is 0 Å². The first kappa shape index (κ1) is 26.1. The quantitative estimate of drug-likeness (QED) is 0.470. The van der Waals surface area contributed by atoms with Crippen LogP contribution in [0.5, 0.6) is 0 Å². The summed E-state index contributed by atoms with van der Waals surface area (Å²) in [5.74, 6) is 1.69. The van der Waals surface area contributed by atoms with Gasteiger partial charge >= 0.3 is 0 Å². The van der Waals surface area contributed by atoms with Crippen LogP contribution < -0.4 is 0 Å². The monoisotopic (exact) mass is 431 g/mol. The Labute approximate surface area is 187 Å². The second-order valence-electron chi connectivity index (χ2n) is 8.81. The predicted octanol–water partition coefficient (Wildman–Crippen LogP) is 6.59. The molecule has 0 saturated heterocycles. The summed E-state index contributed by atoms with van der Waals surface area (Å²) in [6.45, 7) is 21.3. The summed E-state index contributed by atoms with van der Waals surface area (Å²) < 4.78 is 3.86. The van der Waals surface area contributed by atoms with Gasteiger partial charge in [-0.25, -0.2) is 4.98 Å². The Balaban J connectivity index is 0.000000225. The Morgan fingerprint density at radius 1 is 0.767 bits per heavy atom. The van der Waals surface area contributed by atoms with Gasteiger partial charge in [0.1, 0.15) is 0 Å². The van der Waals surface area contributed by atoms with E-state index in [9.17, 15) is 0 Å². The molecular formula is C24H41N5S. The predicted molar refractivity (Wildman–Crippen MR) is 130 cm³/mol. The Bertz CT molecular complexity index is 843. The van der Waals surface area contributed by atoms with Gasteiger partial charge in [-0.15, -0.1) is 11.3 Å². The van der Waals surface area contributed by atoms with E-state index in [1.54, 1.807) is 11.3 Å². The van der Waals surface area contributed by atoms with Gasteiger partial charge in [-0.3, -0.25) is 9.36 Å². The van der Waals surface area contributed by atoms with E-state index in [1.165, 1.54) is 32.7 Å². The number of nitrogens with zero attached hydrogens (tertiary/aromatic N) is 5. The summed E-state index contributed by atoms with van der Waals surface area (Å²) in [7, 11) is 3.96. The first-order valence-corrected chi connectivity index (χ1v) is 11.6. The summed E-state index contributed by atoms with van der Waals surface area (Å²) in [6.07, 6.45) is 0. The van der Waals surface area contributed by atoms with Crippen LogP contribution >= 0.6 is 11.3 Å². The van der Waals surface area contributed by atoms with Crippen LogP contribution in [0, 0.1) is 27.7 Å². The first-order chi connectivity index (χ1) is 13.8. The number of rotatable bonds is 3. The number of thiazole rings is 1. The number of aromatic nitrogens is 5. The molecule has 0 N–H and O–H groups in total. The maximum absolute atomic E-state index is 4.43. The molecule has 0 atom stereocenters. The van der Waals surface area contributed by atoms with Crippen molar-refractivity contribution in [1.29, 1.82) is 0 Å². The minimum Gasteiger partial charge on any atom is -0.273 e. The van der Waals surface area contributed by atoms with E-state index in [2.05, 4.69) is 89.6 Å². The Kier molecular flexibility index (Phi) is 9.95. The lowest BCUT2D eigenvalue weighted by Crippen LogP contribution is -1.99. The molecule has 0 unspecified atom stereocenters. The fourth-order valence-electron chi connectivity index (χ4n) is 3.12. The smallest absolute Gasteiger partial charge is 0.0900 e. The van der Waals surface area contributed by atoms with Gasteiger partial charge in [-0.2, -0.15) is 10.2 Å². The molecule has 0 saturated carbocycles. The molecule has 6 heteroatoms. The molecule has 0 fully saturated rings. The summed E-state index contributed by atoms with van der Waals surface area (Å²) in [6, 6.07) is 4.26. The molecule has 168 valence electrons. The highest BCUT2D eigenvalue weighted by Gasteiger charge is 2.07. The average Bonchev–Trinajstić information content (AvgIpc) is 3.26. The molecule has 0 aliphatic carbocycles. The highest BCUT2D eigenvalue weighted by molar-refractivity contribution is 7.11. The molecule has 0 aliphatic heterocycles. The minimum atomic E-state index is 0.542. The summed E-state index contributed by atoms with van der Waals surface area (Å²) >= 11 is 1.79. The SMILES string of the molecule is Cc1cc(C(C)C)n(C)n1.Cc1cc(C(C)C)nn1C.Cc1nc(C(C)C)c(C)s1. The van der Waals surface area contributed by atoms with E-state index in [-0.39, 0.29) is 0 Å². The second kappa shape index (κ2) is 11.4. The van der Waals surface area contributed by atoms with Gasteiger partial charge in [0.2, 0.25) is 0 Å². The van der Waals surface area contributed by atoms with E-state index in [1.807, 2.05) is 30.4 Å². The zero-order chi connectivity index (χ0) is 23.2. The molecule has 5 nitrogen and oxygen atoms in total. The maximum atomic E-state index is 4.43. The van der Waals surface area contributed by atoms with Crippen molar-refractivity contribution >= 4 is 11.3 Å². The molecular weight excluding hydrogens is 390 g/mol. The van der Waals surface area contributed by atoms with Crippen LogP contribution in [0.1, 0.15) is 97.7 Å². The van der Waals surface area contributed by atoms with E-state index in [4.69, 9.17) is 0 Å². The molecule has 0 radical (unpaired) electrons. The largest absolute Gasteiger partial charge is 0.273 e. The highest BCUT2D eigenvalue weighted by Crippen LogP contribution is 2.23. The number of aryl methyl sites for hydroxylation is 6.